The van der Waals surface area contributed by atoms with Gasteiger partial charge in [-0.05, 0) is 30.5 Å². The molecular formula is C13H20O3. The number of phenolic OH excluding ortho intramolecular Hbond substituents is 1. The van der Waals surface area contributed by atoms with Crippen LogP contribution in [0.2, 0.25) is 0 Å². The van der Waals surface area contributed by atoms with Crippen LogP contribution in [0.4, 0.5) is 0 Å². The lowest BCUT2D eigenvalue weighted by Crippen LogP contribution is -2.05. The number of benzene rings is 1. The Morgan fingerprint density at radius 3 is 2.56 bits per heavy atom. The van der Waals surface area contributed by atoms with E-state index in [-0.39, 0.29) is 5.75 Å². The van der Waals surface area contributed by atoms with Gasteiger partial charge < -0.3 is 14.9 Å². The molecule has 0 aliphatic heterocycles. The maximum atomic E-state index is 9.70. The van der Waals surface area contributed by atoms with Crippen molar-refractivity contribution in [2.45, 2.75) is 33.3 Å². The molecule has 1 aromatic rings. The molecule has 0 saturated heterocycles. The van der Waals surface area contributed by atoms with E-state index in [9.17, 15) is 10.2 Å². The highest BCUT2D eigenvalue weighted by molar-refractivity contribution is 5.40. The zero-order chi connectivity index (χ0) is 12.1. The minimum atomic E-state index is -0.636. The largest absolute Gasteiger partial charge is 0.508 e. The summed E-state index contributed by atoms with van der Waals surface area (Å²) in [4.78, 5) is 0. The van der Waals surface area contributed by atoms with E-state index >= 15 is 0 Å². The number of ether oxygens (including phenoxy) is 1. The van der Waals surface area contributed by atoms with Crippen LogP contribution in [-0.2, 0) is 0 Å². The summed E-state index contributed by atoms with van der Waals surface area (Å²) in [5, 5.41) is 19.3. The lowest BCUT2D eigenvalue weighted by atomic mass is 10.1. The summed E-state index contributed by atoms with van der Waals surface area (Å²) in [5.41, 5.74) is 0.531. The van der Waals surface area contributed by atoms with Gasteiger partial charge in [0.15, 0.2) is 0 Å². The molecule has 1 aromatic carbocycles. The zero-order valence-corrected chi connectivity index (χ0v) is 10.1. The molecule has 0 spiro atoms. The quantitative estimate of drug-likeness (QED) is 0.808. The number of aliphatic hydroxyl groups is 1. The van der Waals surface area contributed by atoms with E-state index in [1.807, 2.05) is 6.92 Å². The molecule has 90 valence electrons. The van der Waals surface area contributed by atoms with E-state index in [0.717, 1.165) is 0 Å². The van der Waals surface area contributed by atoms with E-state index in [1.54, 1.807) is 18.2 Å². The number of phenols is 1. The van der Waals surface area contributed by atoms with Crippen molar-refractivity contribution in [2.75, 3.05) is 6.61 Å². The lowest BCUT2D eigenvalue weighted by Gasteiger charge is -2.14. The first kappa shape index (κ1) is 12.8. The molecule has 0 saturated carbocycles. The summed E-state index contributed by atoms with van der Waals surface area (Å²) in [6.07, 6.45) is -0.0659. The summed E-state index contributed by atoms with van der Waals surface area (Å²) in [7, 11) is 0. The van der Waals surface area contributed by atoms with Crippen molar-refractivity contribution in [1.29, 1.82) is 0 Å². The van der Waals surface area contributed by atoms with Crippen LogP contribution in [0.3, 0.4) is 0 Å². The molecule has 0 bridgehead atoms. The number of hydrogen-bond donors (Lipinski definition) is 2. The Morgan fingerprint density at radius 2 is 2.00 bits per heavy atom. The van der Waals surface area contributed by atoms with Crippen molar-refractivity contribution >= 4 is 0 Å². The standard InChI is InChI=1S/C13H20O3/c1-4-12(14)11-7-10(5-6-13(11)15)16-8-9(2)3/h5-7,9,12,14-15H,4,8H2,1-3H3. The maximum Gasteiger partial charge on any atom is 0.121 e. The fourth-order valence-electron chi connectivity index (χ4n) is 1.37. The van der Waals surface area contributed by atoms with Gasteiger partial charge in [-0.1, -0.05) is 20.8 Å². The van der Waals surface area contributed by atoms with E-state index < -0.39 is 6.10 Å². The molecular weight excluding hydrogens is 204 g/mol. The molecule has 0 aliphatic carbocycles. The van der Waals surface area contributed by atoms with Crippen LogP contribution >= 0.6 is 0 Å². The van der Waals surface area contributed by atoms with Crippen LogP contribution in [0.5, 0.6) is 11.5 Å². The van der Waals surface area contributed by atoms with Gasteiger partial charge in [0, 0.05) is 5.56 Å². The van der Waals surface area contributed by atoms with Gasteiger partial charge in [0.1, 0.15) is 11.5 Å². The highest BCUT2D eigenvalue weighted by atomic mass is 16.5. The molecule has 1 unspecified atom stereocenters. The molecule has 3 nitrogen and oxygen atoms in total. The number of hydrogen-bond acceptors (Lipinski definition) is 3. The Hall–Kier alpha value is -1.22. The highest BCUT2D eigenvalue weighted by Crippen LogP contribution is 2.30. The molecule has 1 atom stereocenters. The number of aromatic hydroxyl groups is 1. The minimum Gasteiger partial charge on any atom is -0.508 e. The fraction of sp³-hybridized carbons (Fsp3) is 0.538. The van der Waals surface area contributed by atoms with E-state index in [2.05, 4.69) is 13.8 Å². The molecule has 0 aliphatic rings. The second-order valence-electron chi connectivity index (χ2n) is 4.35. The Bertz CT molecular complexity index is 334. The Balaban J connectivity index is 2.81. The van der Waals surface area contributed by atoms with Crippen molar-refractivity contribution in [2.24, 2.45) is 5.92 Å². The molecule has 0 amide bonds. The van der Waals surface area contributed by atoms with Crippen molar-refractivity contribution in [3.8, 4) is 11.5 Å². The van der Waals surface area contributed by atoms with E-state index in [0.29, 0.717) is 30.3 Å². The molecule has 0 fully saturated rings. The zero-order valence-electron chi connectivity index (χ0n) is 10.1. The van der Waals surface area contributed by atoms with Gasteiger partial charge in [0.2, 0.25) is 0 Å². The van der Waals surface area contributed by atoms with Gasteiger partial charge in [-0.2, -0.15) is 0 Å². The van der Waals surface area contributed by atoms with Crippen LogP contribution in [0.15, 0.2) is 18.2 Å². The molecule has 0 heterocycles. The van der Waals surface area contributed by atoms with Gasteiger partial charge >= 0.3 is 0 Å². The SMILES string of the molecule is CCC(O)c1cc(OCC(C)C)ccc1O. The fourth-order valence-corrected chi connectivity index (χ4v) is 1.37. The Kier molecular flexibility index (Phi) is 4.62. The van der Waals surface area contributed by atoms with Gasteiger partial charge in [0.25, 0.3) is 0 Å². The van der Waals surface area contributed by atoms with Crippen LogP contribution in [0.1, 0.15) is 38.9 Å². The smallest absolute Gasteiger partial charge is 0.121 e. The second-order valence-corrected chi connectivity index (χ2v) is 4.35. The first-order valence-corrected chi connectivity index (χ1v) is 5.68. The van der Waals surface area contributed by atoms with Crippen LogP contribution < -0.4 is 4.74 Å². The van der Waals surface area contributed by atoms with Crippen LogP contribution in [0.25, 0.3) is 0 Å². The van der Waals surface area contributed by atoms with Gasteiger partial charge in [0.05, 0.1) is 12.7 Å². The average Bonchev–Trinajstić information content (AvgIpc) is 2.27. The third-order valence-electron chi connectivity index (χ3n) is 2.33. The molecule has 0 radical (unpaired) electrons. The summed E-state index contributed by atoms with van der Waals surface area (Å²) < 4.78 is 5.54. The average molecular weight is 224 g/mol. The summed E-state index contributed by atoms with van der Waals surface area (Å²) in [5.74, 6) is 1.26. The summed E-state index contributed by atoms with van der Waals surface area (Å²) in [6.45, 7) is 6.64. The third-order valence-corrected chi connectivity index (χ3v) is 2.33. The topological polar surface area (TPSA) is 49.7 Å². The summed E-state index contributed by atoms with van der Waals surface area (Å²) in [6, 6.07) is 4.97. The van der Waals surface area contributed by atoms with E-state index in [1.165, 1.54) is 0 Å². The first-order valence-electron chi connectivity index (χ1n) is 5.68. The maximum absolute atomic E-state index is 9.70. The first-order chi connectivity index (χ1) is 7.54. The molecule has 16 heavy (non-hydrogen) atoms. The van der Waals surface area contributed by atoms with Crippen molar-refractivity contribution in [1.82, 2.24) is 0 Å². The van der Waals surface area contributed by atoms with Gasteiger partial charge in [-0.15, -0.1) is 0 Å². The summed E-state index contributed by atoms with van der Waals surface area (Å²) >= 11 is 0. The van der Waals surface area contributed by atoms with Crippen molar-refractivity contribution in [3.05, 3.63) is 23.8 Å². The Morgan fingerprint density at radius 1 is 1.31 bits per heavy atom. The molecule has 0 aromatic heterocycles. The lowest BCUT2D eigenvalue weighted by molar-refractivity contribution is 0.169. The minimum absolute atomic E-state index is 0.117. The predicted molar refractivity (Wildman–Crippen MR) is 63.7 cm³/mol. The third kappa shape index (κ3) is 3.42. The van der Waals surface area contributed by atoms with Gasteiger partial charge in [-0.3, -0.25) is 0 Å². The second kappa shape index (κ2) is 5.75. The number of rotatable bonds is 5. The van der Waals surface area contributed by atoms with Crippen LogP contribution in [-0.4, -0.2) is 16.8 Å². The van der Waals surface area contributed by atoms with Gasteiger partial charge in [-0.25, -0.2) is 0 Å². The number of aliphatic hydroxyl groups excluding tert-OH is 1. The monoisotopic (exact) mass is 224 g/mol. The normalized spacial score (nSPS) is 12.8. The predicted octanol–water partition coefficient (Wildman–Crippen LogP) is 2.87. The molecule has 1 rings (SSSR count). The van der Waals surface area contributed by atoms with E-state index in [4.69, 9.17) is 4.74 Å². The Labute approximate surface area is 96.7 Å². The molecule has 2 N–H and O–H groups in total. The molecule has 3 heteroatoms. The van der Waals surface area contributed by atoms with Crippen molar-refractivity contribution < 1.29 is 14.9 Å². The highest BCUT2D eigenvalue weighted by Gasteiger charge is 2.11. The van der Waals surface area contributed by atoms with Crippen molar-refractivity contribution in [3.63, 3.8) is 0 Å². The van der Waals surface area contributed by atoms with Crippen LogP contribution in [0, 0.1) is 5.92 Å².